The van der Waals surface area contributed by atoms with E-state index in [1.54, 1.807) is 0 Å². The second-order valence-electron chi connectivity index (χ2n) is 6.68. The highest BCUT2D eigenvalue weighted by Gasteiger charge is 2.14. The summed E-state index contributed by atoms with van der Waals surface area (Å²) in [6.45, 7) is 0. The number of fused-ring (bicyclic) bond motifs is 1. The molecule has 0 N–H and O–H groups in total. The largest absolute Gasteiger partial charge is 0.302 e. The quantitative estimate of drug-likeness (QED) is 0.423. The van der Waals surface area contributed by atoms with Gasteiger partial charge in [-0.15, -0.1) is 0 Å². The van der Waals surface area contributed by atoms with Crippen molar-refractivity contribution < 1.29 is 0 Å². The highest BCUT2D eigenvalue weighted by molar-refractivity contribution is 9.10. The third-order valence-electron chi connectivity index (χ3n) is 4.74. The van der Waals surface area contributed by atoms with Gasteiger partial charge in [0.05, 0.1) is 0 Å². The third-order valence-corrected chi connectivity index (χ3v) is 5.56. The Kier molecular flexibility index (Phi) is 6.16. The van der Waals surface area contributed by atoms with E-state index in [-0.39, 0.29) is 0 Å². The molecule has 3 aromatic rings. The van der Waals surface area contributed by atoms with Gasteiger partial charge in [0, 0.05) is 20.9 Å². The van der Waals surface area contributed by atoms with Crippen LogP contribution in [0.4, 0.5) is 0 Å². The highest BCUT2D eigenvalue weighted by atomic mass is 79.9. The average molecular weight is 417 g/mol. The second kappa shape index (κ2) is 8.35. The van der Waals surface area contributed by atoms with Crippen molar-refractivity contribution in [1.29, 1.82) is 0 Å². The highest BCUT2D eigenvalue weighted by Crippen LogP contribution is 2.30. The molecule has 0 saturated carbocycles. The summed E-state index contributed by atoms with van der Waals surface area (Å²) in [6, 6.07) is 21.7. The lowest BCUT2D eigenvalue weighted by molar-refractivity contribution is 0.279. The molecule has 0 bridgehead atoms. The van der Waals surface area contributed by atoms with Crippen LogP contribution in [-0.4, -0.2) is 19.0 Å². The van der Waals surface area contributed by atoms with Gasteiger partial charge in [0.15, 0.2) is 0 Å². The number of benzene rings is 3. The summed E-state index contributed by atoms with van der Waals surface area (Å²) in [6.07, 6.45) is 3.33. The number of hydrogen-bond donors (Lipinski definition) is 0. The Balaban J connectivity index is 1.74. The van der Waals surface area contributed by atoms with E-state index in [0.717, 1.165) is 34.1 Å². The van der Waals surface area contributed by atoms with E-state index < -0.39 is 0 Å². The summed E-state index contributed by atoms with van der Waals surface area (Å²) in [4.78, 5) is 2.31. The fraction of sp³-hybridized carbons (Fsp3) is 0.273. The molecule has 3 aromatic carbocycles. The van der Waals surface area contributed by atoms with E-state index in [9.17, 15) is 0 Å². The van der Waals surface area contributed by atoms with E-state index in [4.69, 9.17) is 11.6 Å². The summed E-state index contributed by atoms with van der Waals surface area (Å²) < 4.78 is 1.14. The molecule has 0 fully saturated rings. The SMILES string of the molecule is CN(C)C(CCCc1ccc(Cl)c2ccccc12)c1cccc(Br)c1. The Morgan fingerprint density at radius 2 is 1.72 bits per heavy atom. The Morgan fingerprint density at radius 1 is 0.960 bits per heavy atom. The first-order valence-corrected chi connectivity index (χ1v) is 9.81. The van der Waals surface area contributed by atoms with Gasteiger partial charge in [-0.05, 0) is 68.1 Å². The molecule has 1 atom stereocenters. The van der Waals surface area contributed by atoms with Crippen LogP contribution in [0.15, 0.2) is 65.1 Å². The van der Waals surface area contributed by atoms with Gasteiger partial charge in [-0.3, -0.25) is 0 Å². The summed E-state index contributed by atoms with van der Waals surface area (Å²) in [5, 5.41) is 3.26. The van der Waals surface area contributed by atoms with Gasteiger partial charge in [0.2, 0.25) is 0 Å². The fourth-order valence-electron chi connectivity index (χ4n) is 3.47. The van der Waals surface area contributed by atoms with Crippen LogP contribution in [0.2, 0.25) is 5.02 Å². The first kappa shape index (κ1) is 18.4. The van der Waals surface area contributed by atoms with Crippen molar-refractivity contribution in [1.82, 2.24) is 4.90 Å². The molecule has 3 heteroatoms. The van der Waals surface area contributed by atoms with Crippen molar-refractivity contribution in [3.8, 4) is 0 Å². The van der Waals surface area contributed by atoms with Gasteiger partial charge in [0.25, 0.3) is 0 Å². The van der Waals surface area contributed by atoms with Crippen molar-refractivity contribution in [2.75, 3.05) is 14.1 Å². The second-order valence-corrected chi connectivity index (χ2v) is 8.00. The minimum Gasteiger partial charge on any atom is -0.302 e. The number of halogens is 2. The number of aryl methyl sites for hydroxylation is 1. The van der Waals surface area contributed by atoms with E-state index in [0.29, 0.717) is 6.04 Å². The van der Waals surface area contributed by atoms with Crippen LogP contribution in [0.1, 0.15) is 30.0 Å². The molecule has 0 aliphatic rings. The molecular formula is C22H23BrClN. The minimum atomic E-state index is 0.427. The van der Waals surface area contributed by atoms with Crippen molar-refractivity contribution in [2.45, 2.75) is 25.3 Å². The van der Waals surface area contributed by atoms with Crippen molar-refractivity contribution >= 4 is 38.3 Å². The van der Waals surface area contributed by atoms with E-state index in [1.807, 2.05) is 12.1 Å². The smallest absolute Gasteiger partial charge is 0.0484 e. The Bertz CT molecular complexity index is 860. The van der Waals surface area contributed by atoms with E-state index >= 15 is 0 Å². The molecule has 0 saturated heterocycles. The van der Waals surface area contributed by atoms with Crippen LogP contribution in [0.25, 0.3) is 10.8 Å². The van der Waals surface area contributed by atoms with Gasteiger partial charge in [-0.2, -0.15) is 0 Å². The van der Waals surface area contributed by atoms with Crippen LogP contribution < -0.4 is 0 Å². The zero-order valence-corrected chi connectivity index (χ0v) is 17.0. The first-order chi connectivity index (χ1) is 12.1. The zero-order valence-electron chi connectivity index (χ0n) is 14.7. The third kappa shape index (κ3) is 4.44. The molecule has 0 spiro atoms. The topological polar surface area (TPSA) is 3.24 Å². The van der Waals surface area contributed by atoms with Crippen LogP contribution in [-0.2, 0) is 6.42 Å². The van der Waals surface area contributed by atoms with Gasteiger partial charge in [-0.1, -0.05) is 70.0 Å². The van der Waals surface area contributed by atoms with Gasteiger partial charge in [-0.25, -0.2) is 0 Å². The van der Waals surface area contributed by atoms with Crippen LogP contribution in [0.5, 0.6) is 0 Å². The zero-order chi connectivity index (χ0) is 17.8. The molecule has 0 aliphatic heterocycles. The van der Waals surface area contributed by atoms with Crippen LogP contribution >= 0.6 is 27.5 Å². The maximum atomic E-state index is 6.34. The summed E-state index contributed by atoms with van der Waals surface area (Å²) >= 11 is 9.93. The molecule has 0 radical (unpaired) electrons. The maximum Gasteiger partial charge on any atom is 0.0484 e. The Morgan fingerprint density at radius 3 is 2.44 bits per heavy atom. The van der Waals surface area contributed by atoms with Crippen molar-refractivity contribution in [2.24, 2.45) is 0 Å². The Labute approximate surface area is 163 Å². The molecule has 0 amide bonds. The molecule has 1 unspecified atom stereocenters. The molecule has 3 rings (SSSR count). The van der Waals surface area contributed by atoms with Crippen molar-refractivity contribution in [3.63, 3.8) is 0 Å². The molecule has 1 nitrogen and oxygen atoms in total. The van der Waals surface area contributed by atoms with E-state index in [1.165, 1.54) is 16.5 Å². The first-order valence-electron chi connectivity index (χ1n) is 8.64. The maximum absolute atomic E-state index is 6.34. The van der Waals surface area contributed by atoms with Gasteiger partial charge >= 0.3 is 0 Å². The predicted molar refractivity (Wildman–Crippen MR) is 112 cm³/mol. The van der Waals surface area contributed by atoms with Crippen molar-refractivity contribution in [3.05, 3.63) is 81.3 Å². The lowest BCUT2D eigenvalue weighted by atomic mass is 9.96. The number of rotatable bonds is 6. The fourth-order valence-corrected chi connectivity index (χ4v) is 4.11. The monoisotopic (exact) mass is 415 g/mol. The Hall–Kier alpha value is -1.35. The molecule has 130 valence electrons. The molecule has 0 aliphatic carbocycles. The molecule has 0 aromatic heterocycles. The summed E-state index contributed by atoms with van der Waals surface area (Å²) in [5.41, 5.74) is 2.74. The number of hydrogen-bond acceptors (Lipinski definition) is 1. The normalized spacial score (nSPS) is 12.7. The summed E-state index contributed by atoms with van der Waals surface area (Å²) in [5.74, 6) is 0. The van der Waals surface area contributed by atoms with Crippen LogP contribution in [0, 0.1) is 0 Å². The van der Waals surface area contributed by atoms with E-state index in [2.05, 4.69) is 83.5 Å². The van der Waals surface area contributed by atoms with Crippen LogP contribution in [0.3, 0.4) is 0 Å². The predicted octanol–water partition coefficient (Wildman–Crippen LogP) is 6.88. The standard InChI is InChI=1S/C22H23BrClN/c1-25(2)22(17-8-5-9-18(23)15-17)12-6-7-16-13-14-21(24)20-11-4-3-10-19(16)20/h3-5,8-11,13-15,22H,6-7,12H2,1-2H3. The minimum absolute atomic E-state index is 0.427. The van der Waals surface area contributed by atoms with Gasteiger partial charge in [0.1, 0.15) is 0 Å². The molecule has 25 heavy (non-hydrogen) atoms. The number of nitrogens with zero attached hydrogens (tertiary/aromatic N) is 1. The average Bonchev–Trinajstić information content (AvgIpc) is 2.60. The molecule has 0 heterocycles. The lowest BCUT2D eigenvalue weighted by Crippen LogP contribution is -2.20. The molecular weight excluding hydrogens is 394 g/mol. The summed E-state index contributed by atoms with van der Waals surface area (Å²) in [7, 11) is 4.31. The van der Waals surface area contributed by atoms with Gasteiger partial charge < -0.3 is 4.90 Å². The lowest BCUT2D eigenvalue weighted by Gasteiger charge is -2.25.